The van der Waals surface area contributed by atoms with Crippen molar-refractivity contribution in [1.82, 2.24) is 4.90 Å². The average Bonchev–Trinajstić information content (AvgIpc) is 2.56. The molecule has 2 aromatic carbocycles. The highest BCUT2D eigenvalue weighted by atomic mass is 32.2. The molecule has 0 radical (unpaired) electrons. The van der Waals surface area contributed by atoms with Crippen molar-refractivity contribution < 1.29 is 14.1 Å². The van der Waals surface area contributed by atoms with Gasteiger partial charge in [-0.2, -0.15) is 0 Å². The summed E-state index contributed by atoms with van der Waals surface area (Å²) in [5, 5.41) is 12.6. The van der Waals surface area contributed by atoms with Crippen LogP contribution in [0.25, 0.3) is 10.8 Å². The van der Waals surface area contributed by atoms with Crippen molar-refractivity contribution in [2.75, 3.05) is 32.0 Å². The van der Waals surface area contributed by atoms with Crippen molar-refractivity contribution in [3.63, 3.8) is 0 Å². The molecule has 0 bridgehead atoms. The minimum atomic E-state index is -0.788. The molecular weight excluding hydrogens is 322 g/mol. The first-order valence-electron chi connectivity index (χ1n) is 8.34. The molecule has 5 heteroatoms. The third-order valence-electron chi connectivity index (χ3n) is 4.45. The van der Waals surface area contributed by atoms with Gasteiger partial charge in [-0.25, -0.2) is 0 Å². The largest absolute Gasteiger partial charge is 0.491 e. The van der Waals surface area contributed by atoms with E-state index in [1.165, 1.54) is 5.39 Å². The number of benzene rings is 2. The van der Waals surface area contributed by atoms with Crippen molar-refractivity contribution >= 4 is 21.6 Å². The molecule has 1 saturated heterocycles. The van der Waals surface area contributed by atoms with Gasteiger partial charge in [-0.3, -0.25) is 9.11 Å². The first-order valence-corrected chi connectivity index (χ1v) is 9.66. The Morgan fingerprint density at radius 1 is 1.25 bits per heavy atom. The van der Waals surface area contributed by atoms with Gasteiger partial charge in [0.2, 0.25) is 0 Å². The molecule has 0 aromatic heterocycles. The van der Waals surface area contributed by atoms with Gasteiger partial charge in [0.15, 0.2) is 0 Å². The number of hydrogen-bond acceptors (Lipinski definition) is 4. The molecule has 0 spiro atoms. The van der Waals surface area contributed by atoms with E-state index < -0.39 is 16.9 Å². The molecule has 4 nitrogen and oxygen atoms in total. The van der Waals surface area contributed by atoms with Crippen LogP contribution in [0.15, 0.2) is 42.5 Å². The van der Waals surface area contributed by atoms with E-state index in [1.54, 1.807) is 0 Å². The summed E-state index contributed by atoms with van der Waals surface area (Å²) < 4.78 is 17.5. The Labute approximate surface area is 145 Å². The number of aliphatic hydroxyl groups is 1. The fraction of sp³-hybridized carbons (Fsp3) is 0.474. The predicted molar refractivity (Wildman–Crippen MR) is 99.0 cm³/mol. The highest BCUT2D eigenvalue weighted by Crippen LogP contribution is 2.22. The maximum atomic E-state index is 12.0. The number of aliphatic hydroxyl groups excluding tert-OH is 1. The van der Waals surface area contributed by atoms with Crippen molar-refractivity contribution in [2.24, 2.45) is 0 Å². The highest BCUT2D eigenvalue weighted by molar-refractivity contribution is 7.86. The Hall–Kier alpha value is -1.43. The van der Waals surface area contributed by atoms with Crippen molar-refractivity contribution in [3.05, 3.63) is 42.5 Å². The summed E-state index contributed by atoms with van der Waals surface area (Å²) in [7, 11) is -0.788. The van der Waals surface area contributed by atoms with Crippen molar-refractivity contribution in [1.29, 1.82) is 0 Å². The number of hydrogen-bond donors (Lipinski definition) is 1. The molecule has 3 rings (SSSR count). The summed E-state index contributed by atoms with van der Waals surface area (Å²) in [5.74, 6) is 1.44. The normalized spacial score (nSPS) is 22.4. The lowest BCUT2D eigenvalue weighted by atomic mass is 10.1. The Balaban J connectivity index is 1.53. The van der Waals surface area contributed by atoms with Crippen LogP contribution in [-0.2, 0) is 10.8 Å². The van der Waals surface area contributed by atoms with Crippen LogP contribution in [0.1, 0.15) is 13.8 Å². The third kappa shape index (κ3) is 4.15. The van der Waals surface area contributed by atoms with Crippen LogP contribution in [0.4, 0.5) is 0 Å². The molecule has 24 heavy (non-hydrogen) atoms. The Morgan fingerprint density at radius 2 is 2.00 bits per heavy atom. The van der Waals surface area contributed by atoms with E-state index in [4.69, 9.17) is 4.74 Å². The summed E-state index contributed by atoms with van der Waals surface area (Å²) in [5.41, 5.74) is 0. The number of nitrogens with zero attached hydrogens (tertiary/aromatic N) is 1. The van der Waals surface area contributed by atoms with Gasteiger partial charge < -0.3 is 9.84 Å². The molecule has 0 amide bonds. The van der Waals surface area contributed by atoms with E-state index in [0.717, 1.165) is 24.2 Å². The smallest absolute Gasteiger partial charge is 0.120 e. The molecule has 1 fully saturated rings. The van der Waals surface area contributed by atoms with Crippen LogP contribution in [-0.4, -0.2) is 57.1 Å². The third-order valence-corrected chi connectivity index (χ3v) is 6.36. The van der Waals surface area contributed by atoms with E-state index in [-0.39, 0.29) is 11.4 Å². The van der Waals surface area contributed by atoms with Gasteiger partial charge >= 0.3 is 0 Å². The molecule has 0 saturated carbocycles. The number of fused-ring (bicyclic) bond motifs is 1. The second-order valence-corrected chi connectivity index (χ2v) is 9.22. The summed E-state index contributed by atoms with van der Waals surface area (Å²) in [6, 6.07) is 14.1. The first-order chi connectivity index (χ1) is 11.4. The number of ether oxygens (including phenoxy) is 1. The van der Waals surface area contributed by atoms with E-state index >= 15 is 0 Å². The molecule has 1 N–H and O–H groups in total. The van der Waals surface area contributed by atoms with Crippen LogP contribution in [0, 0.1) is 0 Å². The molecule has 1 aliphatic rings. The van der Waals surface area contributed by atoms with Crippen LogP contribution < -0.4 is 4.74 Å². The SMILES string of the molecule is CC1(C)CN(CC(O)COc2ccc3ccccc3c2)CCS1=O. The molecule has 130 valence electrons. The lowest BCUT2D eigenvalue weighted by Crippen LogP contribution is -2.52. The fourth-order valence-corrected chi connectivity index (χ4v) is 4.44. The summed E-state index contributed by atoms with van der Waals surface area (Å²) in [6.45, 7) is 6.36. The van der Waals surface area contributed by atoms with Gasteiger partial charge in [0.05, 0.1) is 4.75 Å². The second kappa shape index (κ2) is 7.21. The minimum absolute atomic E-state index is 0.211. The van der Waals surface area contributed by atoms with E-state index in [1.807, 2.05) is 44.2 Å². The topological polar surface area (TPSA) is 49.8 Å². The first kappa shape index (κ1) is 17.4. The summed E-state index contributed by atoms with van der Waals surface area (Å²) in [6.07, 6.45) is -0.557. The monoisotopic (exact) mass is 347 g/mol. The van der Waals surface area contributed by atoms with Crippen molar-refractivity contribution in [3.8, 4) is 5.75 Å². The zero-order valence-corrected chi connectivity index (χ0v) is 15.1. The molecular formula is C19H25NO3S. The second-order valence-electron chi connectivity index (χ2n) is 7.02. The standard InChI is InChI=1S/C19H25NO3S/c1-19(2)14-20(9-10-24(19)22)12-17(21)13-23-18-8-7-15-5-3-4-6-16(15)11-18/h3-8,11,17,21H,9-10,12-14H2,1-2H3. The lowest BCUT2D eigenvalue weighted by molar-refractivity contribution is 0.0662. The minimum Gasteiger partial charge on any atom is -0.491 e. The van der Waals surface area contributed by atoms with Crippen LogP contribution >= 0.6 is 0 Å². The van der Waals surface area contributed by atoms with E-state index in [0.29, 0.717) is 12.3 Å². The zero-order valence-electron chi connectivity index (χ0n) is 14.3. The molecule has 0 aliphatic carbocycles. The van der Waals surface area contributed by atoms with Crippen LogP contribution in [0.5, 0.6) is 5.75 Å². The molecule has 2 unspecified atom stereocenters. The van der Waals surface area contributed by atoms with Gasteiger partial charge in [-0.15, -0.1) is 0 Å². The highest BCUT2D eigenvalue weighted by Gasteiger charge is 2.33. The van der Waals surface area contributed by atoms with Crippen LogP contribution in [0.3, 0.4) is 0 Å². The molecule has 2 aromatic rings. The molecule has 1 aliphatic heterocycles. The average molecular weight is 347 g/mol. The predicted octanol–water partition coefficient (Wildman–Crippen LogP) is 2.42. The molecule has 2 atom stereocenters. The Kier molecular flexibility index (Phi) is 5.23. The van der Waals surface area contributed by atoms with Gasteiger partial charge in [-0.1, -0.05) is 30.3 Å². The van der Waals surface area contributed by atoms with Crippen molar-refractivity contribution in [2.45, 2.75) is 24.7 Å². The number of β-amino-alcohol motifs (C(OH)–C–C–N with tert-alkyl or cyclic N) is 1. The van der Waals surface area contributed by atoms with Gasteiger partial charge in [-0.05, 0) is 36.8 Å². The maximum Gasteiger partial charge on any atom is 0.120 e. The quantitative estimate of drug-likeness (QED) is 0.902. The summed E-state index contributed by atoms with van der Waals surface area (Å²) >= 11 is 0. The lowest BCUT2D eigenvalue weighted by Gasteiger charge is -2.38. The maximum absolute atomic E-state index is 12.0. The fourth-order valence-electron chi connectivity index (χ4n) is 3.13. The van der Waals surface area contributed by atoms with Gasteiger partial charge in [0.25, 0.3) is 0 Å². The Morgan fingerprint density at radius 3 is 2.75 bits per heavy atom. The zero-order chi connectivity index (χ0) is 17.2. The Bertz CT molecular complexity index is 731. The van der Waals surface area contributed by atoms with Crippen LogP contribution in [0.2, 0.25) is 0 Å². The number of rotatable bonds is 5. The van der Waals surface area contributed by atoms with Gasteiger partial charge in [0, 0.05) is 36.2 Å². The van der Waals surface area contributed by atoms with E-state index in [9.17, 15) is 9.32 Å². The molecule has 1 heterocycles. The summed E-state index contributed by atoms with van der Waals surface area (Å²) in [4.78, 5) is 2.18. The van der Waals surface area contributed by atoms with E-state index in [2.05, 4.69) is 17.0 Å². The van der Waals surface area contributed by atoms with Gasteiger partial charge in [0.1, 0.15) is 18.5 Å².